The molecule has 1 aliphatic rings. The Bertz CT molecular complexity index is 749. The molecule has 1 saturated heterocycles. The van der Waals surface area contributed by atoms with Gasteiger partial charge < -0.3 is 15.4 Å². The molecule has 1 aromatic carbocycles. The zero-order valence-electron chi connectivity index (χ0n) is 13.8. The SMILES string of the molecule is COC(=O)C1CCN(c2ncnc(Sc3ccc(Cl)cc3)c2N)CC1. The van der Waals surface area contributed by atoms with Crippen LogP contribution in [0.15, 0.2) is 40.5 Å². The van der Waals surface area contributed by atoms with Gasteiger partial charge in [0.05, 0.1) is 13.0 Å². The number of ether oxygens (including phenoxy) is 1. The quantitative estimate of drug-likeness (QED) is 0.645. The van der Waals surface area contributed by atoms with Gasteiger partial charge in [-0.2, -0.15) is 0 Å². The fourth-order valence-corrected chi connectivity index (χ4v) is 3.73. The van der Waals surface area contributed by atoms with Gasteiger partial charge in [-0.3, -0.25) is 4.79 Å². The highest BCUT2D eigenvalue weighted by Gasteiger charge is 2.27. The number of rotatable bonds is 4. The minimum atomic E-state index is -0.144. The molecule has 1 fully saturated rings. The molecule has 25 heavy (non-hydrogen) atoms. The molecule has 0 atom stereocenters. The zero-order valence-corrected chi connectivity index (χ0v) is 15.4. The van der Waals surface area contributed by atoms with Crippen molar-refractivity contribution in [2.24, 2.45) is 5.92 Å². The van der Waals surface area contributed by atoms with E-state index in [1.165, 1.54) is 25.2 Å². The molecule has 0 aliphatic carbocycles. The van der Waals surface area contributed by atoms with Crippen LogP contribution < -0.4 is 10.6 Å². The molecular formula is C17H19ClN4O2S. The van der Waals surface area contributed by atoms with E-state index in [-0.39, 0.29) is 11.9 Å². The summed E-state index contributed by atoms with van der Waals surface area (Å²) in [6.07, 6.45) is 2.99. The van der Waals surface area contributed by atoms with Gasteiger partial charge in [0.1, 0.15) is 17.0 Å². The summed E-state index contributed by atoms with van der Waals surface area (Å²) in [6, 6.07) is 7.52. The van der Waals surface area contributed by atoms with Crippen molar-refractivity contribution in [3.63, 3.8) is 0 Å². The van der Waals surface area contributed by atoms with E-state index in [2.05, 4.69) is 14.9 Å². The molecule has 2 aromatic rings. The molecule has 0 saturated carbocycles. The number of carbonyl (C=O) groups excluding carboxylic acids is 1. The average molecular weight is 379 g/mol. The molecule has 2 N–H and O–H groups in total. The summed E-state index contributed by atoms with van der Waals surface area (Å²) in [5, 5.41) is 1.40. The number of benzene rings is 1. The Morgan fingerprint density at radius 3 is 2.60 bits per heavy atom. The minimum Gasteiger partial charge on any atom is -0.469 e. The first-order valence-corrected chi connectivity index (χ1v) is 9.14. The first-order valence-electron chi connectivity index (χ1n) is 7.95. The van der Waals surface area contributed by atoms with Crippen LogP contribution in [0.4, 0.5) is 11.5 Å². The van der Waals surface area contributed by atoms with E-state index in [1.54, 1.807) is 0 Å². The third kappa shape index (κ3) is 4.16. The number of anilines is 2. The van der Waals surface area contributed by atoms with Gasteiger partial charge in [0.15, 0.2) is 5.82 Å². The molecule has 0 spiro atoms. The van der Waals surface area contributed by atoms with Crippen LogP contribution in [0.3, 0.4) is 0 Å². The van der Waals surface area contributed by atoms with Crippen molar-refractivity contribution in [1.29, 1.82) is 0 Å². The zero-order chi connectivity index (χ0) is 17.8. The fraction of sp³-hybridized carbons (Fsp3) is 0.353. The van der Waals surface area contributed by atoms with Crippen molar-refractivity contribution >= 4 is 40.8 Å². The van der Waals surface area contributed by atoms with Gasteiger partial charge in [-0.25, -0.2) is 9.97 Å². The summed E-state index contributed by atoms with van der Waals surface area (Å²) in [4.78, 5) is 23.4. The van der Waals surface area contributed by atoms with E-state index >= 15 is 0 Å². The maximum atomic E-state index is 11.7. The number of aromatic nitrogens is 2. The monoisotopic (exact) mass is 378 g/mol. The normalized spacial score (nSPS) is 15.2. The number of hydrogen-bond acceptors (Lipinski definition) is 7. The van der Waals surface area contributed by atoms with Gasteiger partial charge in [0, 0.05) is 23.0 Å². The Hall–Kier alpha value is -1.99. The fourth-order valence-electron chi connectivity index (χ4n) is 2.81. The largest absolute Gasteiger partial charge is 0.469 e. The second kappa shape index (κ2) is 7.93. The third-order valence-electron chi connectivity index (χ3n) is 4.18. The van der Waals surface area contributed by atoms with E-state index < -0.39 is 0 Å². The Morgan fingerprint density at radius 1 is 1.28 bits per heavy atom. The predicted octanol–water partition coefficient (Wildman–Crippen LogP) is 3.25. The Morgan fingerprint density at radius 2 is 1.96 bits per heavy atom. The lowest BCUT2D eigenvalue weighted by Crippen LogP contribution is -2.37. The number of piperidine rings is 1. The average Bonchev–Trinajstić information content (AvgIpc) is 2.65. The van der Waals surface area contributed by atoms with Crippen molar-refractivity contribution in [3.8, 4) is 0 Å². The van der Waals surface area contributed by atoms with Gasteiger partial charge in [-0.05, 0) is 37.1 Å². The number of carbonyl (C=O) groups is 1. The topological polar surface area (TPSA) is 81.3 Å². The molecule has 6 nitrogen and oxygen atoms in total. The second-order valence-electron chi connectivity index (χ2n) is 5.76. The maximum absolute atomic E-state index is 11.7. The predicted molar refractivity (Wildman–Crippen MR) is 99.0 cm³/mol. The lowest BCUT2D eigenvalue weighted by atomic mass is 9.97. The summed E-state index contributed by atoms with van der Waals surface area (Å²) >= 11 is 7.39. The van der Waals surface area contributed by atoms with E-state index in [0.29, 0.717) is 28.8 Å². The summed E-state index contributed by atoms with van der Waals surface area (Å²) < 4.78 is 4.83. The second-order valence-corrected chi connectivity index (χ2v) is 7.26. The molecule has 132 valence electrons. The van der Waals surface area contributed by atoms with Gasteiger partial charge in [0.25, 0.3) is 0 Å². The number of nitrogens with zero attached hydrogens (tertiary/aromatic N) is 3. The molecule has 1 aromatic heterocycles. The highest BCUT2D eigenvalue weighted by Crippen LogP contribution is 2.36. The Labute approximate surface area is 155 Å². The van der Waals surface area contributed by atoms with Gasteiger partial charge >= 0.3 is 5.97 Å². The number of nitrogens with two attached hydrogens (primary N) is 1. The summed E-state index contributed by atoms with van der Waals surface area (Å²) in [5.41, 5.74) is 6.86. The van der Waals surface area contributed by atoms with Crippen LogP contribution in [0.25, 0.3) is 0 Å². The van der Waals surface area contributed by atoms with Crippen molar-refractivity contribution in [2.75, 3.05) is 30.8 Å². The molecule has 0 radical (unpaired) electrons. The molecule has 3 rings (SSSR count). The minimum absolute atomic E-state index is 0.0489. The van der Waals surface area contributed by atoms with E-state index in [9.17, 15) is 4.79 Å². The van der Waals surface area contributed by atoms with Gasteiger partial charge in [0.2, 0.25) is 0 Å². The summed E-state index contributed by atoms with van der Waals surface area (Å²) in [5.74, 6) is 0.524. The van der Waals surface area contributed by atoms with E-state index in [1.807, 2.05) is 24.3 Å². The first kappa shape index (κ1) is 17.8. The molecule has 8 heteroatoms. The van der Waals surface area contributed by atoms with Crippen LogP contribution in [0.5, 0.6) is 0 Å². The van der Waals surface area contributed by atoms with Crippen molar-refractivity contribution < 1.29 is 9.53 Å². The van der Waals surface area contributed by atoms with Crippen LogP contribution >= 0.6 is 23.4 Å². The smallest absolute Gasteiger partial charge is 0.308 e. The van der Waals surface area contributed by atoms with Gasteiger partial charge in [-0.15, -0.1) is 0 Å². The molecule has 1 aliphatic heterocycles. The van der Waals surface area contributed by atoms with Crippen LogP contribution in [0, 0.1) is 5.92 Å². The van der Waals surface area contributed by atoms with Crippen molar-refractivity contribution in [1.82, 2.24) is 9.97 Å². The van der Waals surface area contributed by atoms with Crippen molar-refractivity contribution in [2.45, 2.75) is 22.8 Å². The van der Waals surface area contributed by atoms with Crippen molar-refractivity contribution in [3.05, 3.63) is 35.6 Å². The van der Waals surface area contributed by atoms with Crippen LogP contribution in [0.1, 0.15) is 12.8 Å². The van der Waals surface area contributed by atoms with Crippen LogP contribution in [-0.4, -0.2) is 36.1 Å². The number of nitrogen functional groups attached to an aromatic ring is 1. The highest BCUT2D eigenvalue weighted by atomic mass is 35.5. The molecular weight excluding hydrogens is 360 g/mol. The molecule has 0 unspecified atom stereocenters. The maximum Gasteiger partial charge on any atom is 0.308 e. The van der Waals surface area contributed by atoms with E-state index in [4.69, 9.17) is 22.1 Å². The standard InChI is InChI=1S/C17H19ClN4O2S/c1-24-17(23)11-6-8-22(9-7-11)15-14(19)16(21-10-20-15)25-13-4-2-12(18)3-5-13/h2-5,10-11H,6-9,19H2,1H3. The lowest BCUT2D eigenvalue weighted by molar-refractivity contribution is -0.146. The molecule has 2 heterocycles. The summed E-state index contributed by atoms with van der Waals surface area (Å²) in [7, 11) is 1.43. The lowest BCUT2D eigenvalue weighted by Gasteiger charge is -2.32. The van der Waals surface area contributed by atoms with Gasteiger partial charge in [-0.1, -0.05) is 23.4 Å². The number of methoxy groups -OCH3 is 1. The Kier molecular flexibility index (Phi) is 5.65. The number of hydrogen-bond donors (Lipinski definition) is 1. The summed E-state index contributed by atoms with van der Waals surface area (Å²) in [6.45, 7) is 1.43. The first-order chi connectivity index (χ1) is 12.1. The third-order valence-corrected chi connectivity index (χ3v) is 5.46. The molecule has 0 bridgehead atoms. The Balaban J connectivity index is 1.73. The highest BCUT2D eigenvalue weighted by molar-refractivity contribution is 7.99. The van der Waals surface area contributed by atoms with E-state index in [0.717, 1.165) is 23.6 Å². The number of halogens is 1. The van der Waals surface area contributed by atoms with Crippen LogP contribution in [0.2, 0.25) is 5.02 Å². The molecule has 0 amide bonds. The number of esters is 1. The van der Waals surface area contributed by atoms with Crippen LogP contribution in [-0.2, 0) is 9.53 Å².